The molecule has 3 nitrogen and oxygen atoms in total. The van der Waals surface area contributed by atoms with E-state index in [0.717, 1.165) is 6.08 Å². The second-order valence-electron chi connectivity index (χ2n) is 1.36. The fourth-order valence-electron chi connectivity index (χ4n) is 0.263. The summed E-state index contributed by atoms with van der Waals surface area (Å²) in [6.45, 7) is 3.14. The summed E-state index contributed by atoms with van der Waals surface area (Å²) >= 11 is 0. The number of carbonyl (C=O) groups is 1. The maximum absolute atomic E-state index is 10.2. The average Bonchev–Trinajstić information content (AvgIpc) is 1.65. The SMILES string of the molecule is C=CC(=O)CC(O)O.[NaH]. The van der Waals surface area contributed by atoms with Gasteiger partial charge in [0.05, 0.1) is 6.42 Å². The Balaban J connectivity index is 0. The van der Waals surface area contributed by atoms with Crippen molar-refractivity contribution in [2.24, 2.45) is 0 Å². The third-order valence-corrected chi connectivity index (χ3v) is 0.611. The quantitative estimate of drug-likeness (QED) is 0.294. The van der Waals surface area contributed by atoms with E-state index in [0.29, 0.717) is 0 Å². The van der Waals surface area contributed by atoms with Crippen molar-refractivity contribution in [1.29, 1.82) is 0 Å². The van der Waals surface area contributed by atoms with E-state index in [1.807, 2.05) is 0 Å². The molecule has 0 heterocycles. The number of aliphatic hydroxyl groups is 2. The minimum atomic E-state index is -1.54. The van der Waals surface area contributed by atoms with Gasteiger partial charge in [0.1, 0.15) is 0 Å². The molecule has 9 heavy (non-hydrogen) atoms. The number of ketones is 1. The first-order valence-electron chi connectivity index (χ1n) is 2.18. The topological polar surface area (TPSA) is 57.5 Å². The van der Waals surface area contributed by atoms with Gasteiger partial charge in [0.2, 0.25) is 0 Å². The predicted octanol–water partition coefficient (Wildman–Crippen LogP) is -1.21. The van der Waals surface area contributed by atoms with E-state index in [2.05, 4.69) is 6.58 Å². The van der Waals surface area contributed by atoms with E-state index in [1.165, 1.54) is 0 Å². The van der Waals surface area contributed by atoms with Gasteiger partial charge in [-0.05, 0) is 6.08 Å². The molecule has 0 aromatic carbocycles. The fourth-order valence-corrected chi connectivity index (χ4v) is 0.263. The Hall–Kier alpha value is 0.330. The summed E-state index contributed by atoms with van der Waals surface area (Å²) in [5.41, 5.74) is 0. The molecule has 0 rings (SSSR count). The van der Waals surface area contributed by atoms with Crippen molar-refractivity contribution >= 4 is 35.3 Å². The van der Waals surface area contributed by atoms with E-state index in [4.69, 9.17) is 10.2 Å². The first-order chi connectivity index (χ1) is 3.66. The summed E-state index contributed by atoms with van der Waals surface area (Å²) in [6, 6.07) is 0. The molecule has 0 atom stereocenters. The summed E-state index contributed by atoms with van der Waals surface area (Å²) in [5, 5.41) is 16.3. The molecular weight excluding hydrogens is 131 g/mol. The summed E-state index contributed by atoms with van der Waals surface area (Å²) in [5.74, 6) is -0.361. The van der Waals surface area contributed by atoms with Crippen LogP contribution in [-0.4, -0.2) is 51.8 Å². The van der Waals surface area contributed by atoms with Crippen LogP contribution in [0.25, 0.3) is 0 Å². The standard InChI is InChI=1S/C5H8O3.Na.H/c1-2-4(6)3-5(7)8;;/h2,5,7-8H,1,3H2;;. The molecule has 0 unspecified atom stereocenters. The number of hydrogen-bond acceptors (Lipinski definition) is 3. The first-order valence-corrected chi connectivity index (χ1v) is 2.18. The number of allylic oxidation sites excluding steroid dienone is 1. The molecule has 0 aromatic heterocycles. The van der Waals surface area contributed by atoms with E-state index < -0.39 is 6.29 Å². The van der Waals surface area contributed by atoms with Gasteiger partial charge < -0.3 is 10.2 Å². The van der Waals surface area contributed by atoms with Crippen LogP contribution in [0.15, 0.2) is 12.7 Å². The van der Waals surface area contributed by atoms with Gasteiger partial charge in [-0.3, -0.25) is 4.79 Å². The van der Waals surface area contributed by atoms with E-state index in [1.54, 1.807) is 0 Å². The Morgan fingerprint density at radius 1 is 1.67 bits per heavy atom. The molecule has 0 fully saturated rings. The zero-order valence-corrected chi connectivity index (χ0v) is 4.37. The van der Waals surface area contributed by atoms with Crippen LogP contribution in [0.4, 0.5) is 0 Å². The van der Waals surface area contributed by atoms with Crippen LogP contribution in [0.2, 0.25) is 0 Å². The summed E-state index contributed by atoms with van der Waals surface area (Å²) in [7, 11) is 0. The molecule has 0 aliphatic rings. The van der Waals surface area contributed by atoms with Crippen molar-refractivity contribution in [2.75, 3.05) is 0 Å². The molecule has 0 aromatic rings. The van der Waals surface area contributed by atoms with Crippen LogP contribution in [0.3, 0.4) is 0 Å². The van der Waals surface area contributed by atoms with Crippen molar-refractivity contribution in [3.63, 3.8) is 0 Å². The molecule has 0 saturated carbocycles. The Bertz CT molecular complexity index is 100. The summed E-state index contributed by atoms with van der Waals surface area (Å²) in [4.78, 5) is 10.2. The Labute approximate surface area is 75.7 Å². The van der Waals surface area contributed by atoms with E-state index in [-0.39, 0.29) is 41.8 Å². The average molecular weight is 140 g/mol. The van der Waals surface area contributed by atoms with Crippen LogP contribution in [0, 0.1) is 0 Å². The van der Waals surface area contributed by atoms with Crippen molar-refractivity contribution < 1.29 is 15.0 Å². The third-order valence-electron chi connectivity index (χ3n) is 0.611. The van der Waals surface area contributed by atoms with Crippen molar-refractivity contribution in [2.45, 2.75) is 12.7 Å². The zero-order chi connectivity index (χ0) is 6.57. The van der Waals surface area contributed by atoms with E-state index in [9.17, 15) is 4.79 Å². The molecular formula is C5H9NaO3. The molecule has 0 spiro atoms. The maximum atomic E-state index is 10.2. The molecule has 4 heteroatoms. The van der Waals surface area contributed by atoms with Crippen LogP contribution >= 0.6 is 0 Å². The number of aliphatic hydroxyl groups excluding tert-OH is 1. The van der Waals surface area contributed by atoms with Crippen LogP contribution in [0.1, 0.15) is 6.42 Å². The molecule has 0 radical (unpaired) electrons. The van der Waals surface area contributed by atoms with Crippen LogP contribution in [-0.2, 0) is 4.79 Å². The second kappa shape index (κ2) is 6.45. The van der Waals surface area contributed by atoms with Gasteiger partial charge in [-0.15, -0.1) is 0 Å². The first kappa shape index (κ1) is 12.0. The summed E-state index contributed by atoms with van der Waals surface area (Å²) in [6.07, 6.45) is -0.747. The third kappa shape index (κ3) is 8.33. The molecule has 0 aliphatic heterocycles. The monoisotopic (exact) mass is 140 g/mol. The Morgan fingerprint density at radius 3 is 2.22 bits per heavy atom. The predicted molar refractivity (Wildman–Crippen MR) is 35.2 cm³/mol. The molecule has 48 valence electrons. The molecule has 0 amide bonds. The Morgan fingerprint density at radius 2 is 2.11 bits per heavy atom. The molecule has 0 aliphatic carbocycles. The van der Waals surface area contributed by atoms with Gasteiger partial charge in [0, 0.05) is 0 Å². The molecule has 2 N–H and O–H groups in total. The minimum absolute atomic E-state index is 0. The van der Waals surface area contributed by atoms with Gasteiger partial charge in [-0.2, -0.15) is 0 Å². The van der Waals surface area contributed by atoms with E-state index >= 15 is 0 Å². The van der Waals surface area contributed by atoms with Gasteiger partial charge in [-0.25, -0.2) is 0 Å². The van der Waals surface area contributed by atoms with Crippen LogP contribution < -0.4 is 0 Å². The normalized spacial score (nSPS) is 8.33. The van der Waals surface area contributed by atoms with Gasteiger partial charge in [0.15, 0.2) is 12.1 Å². The van der Waals surface area contributed by atoms with Gasteiger partial charge in [-0.1, -0.05) is 6.58 Å². The van der Waals surface area contributed by atoms with Crippen molar-refractivity contribution in [1.82, 2.24) is 0 Å². The van der Waals surface area contributed by atoms with Gasteiger partial charge in [0.25, 0.3) is 0 Å². The molecule has 0 saturated heterocycles. The van der Waals surface area contributed by atoms with Gasteiger partial charge >= 0.3 is 29.6 Å². The number of carbonyl (C=O) groups excluding carboxylic acids is 1. The number of rotatable bonds is 3. The van der Waals surface area contributed by atoms with Crippen LogP contribution in [0.5, 0.6) is 0 Å². The summed E-state index contributed by atoms with van der Waals surface area (Å²) < 4.78 is 0. The van der Waals surface area contributed by atoms with Crippen molar-refractivity contribution in [3.8, 4) is 0 Å². The molecule has 0 bridgehead atoms. The fraction of sp³-hybridized carbons (Fsp3) is 0.400. The van der Waals surface area contributed by atoms with Crippen molar-refractivity contribution in [3.05, 3.63) is 12.7 Å². The zero-order valence-electron chi connectivity index (χ0n) is 4.37. The Kier molecular flexibility index (Phi) is 8.64. The number of hydrogen-bond donors (Lipinski definition) is 2. The second-order valence-corrected chi connectivity index (χ2v) is 1.36.